The van der Waals surface area contributed by atoms with Crippen molar-refractivity contribution in [3.05, 3.63) is 23.8 Å². The summed E-state index contributed by atoms with van der Waals surface area (Å²) in [5.74, 6) is 7.25. The first-order valence-corrected chi connectivity index (χ1v) is 12.0. The molecule has 1 heterocycles. The van der Waals surface area contributed by atoms with E-state index in [4.69, 9.17) is 4.74 Å². The molecular weight excluding hydrogens is 390 g/mol. The lowest BCUT2D eigenvalue weighted by Gasteiger charge is -2.26. The largest absolute Gasteiger partial charge is 0.392 e. The van der Waals surface area contributed by atoms with E-state index in [2.05, 4.69) is 17.9 Å². The molecule has 0 bridgehead atoms. The summed E-state index contributed by atoms with van der Waals surface area (Å²) in [6.45, 7) is 6.59. The Morgan fingerprint density at radius 3 is 2.87 bits per heavy atom. The van der Waals surface area contributed by atoms with E-state index in [0.717, 1.165) is 45.2 Å². The Morgan fingerprint density at radius 1 is 1.35 bits per heavy atom. The monoisotopic (exact) mass is 429 g/mol. The van der Waals surface area contributed by atoms with Gasteiger partial charge in [-0.25, -0.2) is 0 Å². The number of fused-ring (bicyclic) bond motifs is 1. The number of amides is 1. The van der Waals surface area contributed by atoms with Crippen LogP contribution in [-0.4, -0.2) is 59.5 Å². The number of allylic oxidation sites excluding steroid dienone is 2. The van der Waals surface area contributed by atoms with Gasteiger partial charge in [-0.2, -0.15) is 0 Å². The fraction of sp³-hybridized carbons (Fsp3) is 0.731. The molecule has 1 aliphatic heterocycles. The first-order valence-electron chi connectivity index (χ1n) is 12.0. The molecule has 5 heteroatoms. The van der Waals surface area contributed by atoms with Crippen LogP contribution in [0.1, 0.15) is 58.8 Å². The average Bonchev–Trinajstić information content (AvgIpc) is 3.30. The second-order valence-corrected chi connectivity index (χ2v) is 9.42. The predicted octanol–water partition coefficient (Wildman–Crippen LogP) is 3.32. The Balaban J connectivity index is 1.41. The van der Waals surface area contributed by atoms with Crippen LogP contribution in [0.4, 0.5) is 0 Å². The lowest BCUT2D eigenvalue weighted by Crippen LogP contribution is -2.40. The van der Waals surface area contributed by atoms with E-state index in [0.29, 0.717) is 37.9 Å². The molecule has 172 valence electrons. The molecule has 3 aliphatic rings. The number of nitrogens with zero attached hydrogens (tertiary/aromatic N) is 1. The topological polar surface area (TPSA) is 70.0 Å². The fourth-order valence-corrected chi connectivity index (χ4v) is 5.21. The van der Waals surface area contributed by atoms with Crippen LogP contribution >= 0.6 is 0 Å². The van der Waals surface area contributed by atoms with Crippen LogP contribution in [0.15, 0.2) is 23.8 Å². The third-order valence-corrected chi connectivity index (χ3v) is 7.17. The zero-order valence-corrected chi connectivity index (χ0v) is 19.1. The third-order valence-electron chi connectivity index (χ3n) is 7.17. The van der Waals surface area contributed by atoms with Gasteiger partial charge in [0, 0.05) is 31.8 Å². The highest BCUT2D eigenvalue weighted by molar-refractivity contribution is 5.76. The van der Waals surface area contributed by atoms with Crippen molar-refractivity contribution >= 4 is 5.91 Å². The summed E-state index contributed by atoms with van der Waals surface area (Å²) in [5.41, 5.74) is 1.48. The molecule has 0 aromatic heterocycles. The molecule has 1 saturated carbocycles. The van der Waals surface area contributed by atoms with Crippen LogP contribution in [0.3, 0.4) is 0 Å². The Bertz CT molecular complexity index is 713. The van der Waals surface area contributed by atoms with Gasteiger partial charge in [0.2, 0.25) is 5.91 Å². The van der Waals surface area contributed by atoms with Crippen LogP contribution in [0.2, 0.25) is 0 Å². The third kappa shape index (κ3) is 6.68. The summed E-state index contributed by atoms with van der Waals surface area (Å²) >= 11 is 0. The molecule has 3 rings (SSSR count). The maximum Gasteiger partial charge on any atom is 0.222 e. The molecule has 2 N–H and O–H groups in total. The normalized spacial score (nSPS) is 29.9. The number of unbranched alkanes of at least 4 members (excludes halogenated alkanes) is 1. The molecule has 0 spiro atoms. The summed E-state index contributed by atoms with van der Waals surface area (Å²) in [6.07, 6.45) is 11.6. The molecule has 5 nitrogen and oxygen atoms in total. The minimum Gasteiger partial charge on any atom is -0.392 e. The highest BCUT2D eigenvalue weighted by Gasteiger charge is 2.43. The first kappa shape index (κ1) is 24.0. The number of aliphatic hydroxyl groups excluding tert-OH is 2. The maximum absolute atomic E-state index is 12.3. The summed E-state index contributed by atoms with van der Waals surface area (Å²) in [7, 11) is 0. The number of hydrogen-bond acceptors (Lipinski definition) is 4. The van der Waals surface area contributed by atoms with Gasteiger partial charge >= 0.3 is 0 Å². The molecular formula is C26H39NO4. The average molecular weight is 430 g/mol. The van der Waals surface area contributed by atoms with Gasteiger partial charge in [-0.3, -0.25) is 4.79 Å². The summed E-state index contributed by atoms with van der Waals surface area (Å²) in [6, 6.07) is 0. The molecule has 2 fully saturated rings. The van der Waals surface area contributed by atoms with E-state index in [-0.39, 0.29) is 23.8 Å². The van der Waals surface area contributed by atoms with Gasteiger partial charge in [0.25, 0.3) is 0 Å². The number of carbonyl (C=O) groups is 1. The minimum absolute atomic E-state index is 0.0930. The number of rotatable bonds is 9. The van der Waals surface area contributed by atoms with Crippen LogP contribution in [0.25, 0.3) is 0 Å². The van der Waals surface area contributed by atoms with E-state index < -0.39 is 6.10 Å². The zero-order valence-electron chi connectivity index (χ0n) is 19.1. The summed E-state index contributed by atoms with van der Waals surface area (Å²) < 4.78 is 5.31. The SMILES string of the molecule is CC#CC[C@@H](C)[C@H](O)/C=C/[C@@H]1[C@H]2CC(CCCCC(=O)N3CCOCC3)=C[C@H]2C[C@H]1O. The van der Waals surface area contributed by atoms with Crippen molar-refractivity contribution in [2.75, 3.05) is 26.3 Å². The maximum atomic E-state index is 12.3. The van der Waals surface area contributed by atoms with Crippen LogP contribution in [-0.2, 0) is 9.53 Å². The van der Waals surface area contributed by atoms with E-state index in [9.17, 15) is 15.0 Å². The van der Waals surface area contributed by atoms with Crippen molar-refractivity contribution in [3.8, 4) is 11.8 Å². The lowest BCUT2D eigenvalue weighted by molar-refractivity contribution is -0.135. The van der Waals surface area contributed by atoms with Crippen LogP contribution in [0, 0.1) is 35.5 Å². The first-order chi connectivity index (χ1) is 15.0. The highest BCUT2D eigenvalue weighted by Crippen LogP contribution is 2.48. The van der Waals surface area contributed by atoms with E-state index in [1.807, 2.05) is 30.9 Å². The number of hydrogen-bond donors (Lipinski definition) is 2. The molecule has 6 atom stereocenters. The van der Waals surface area contributed by atoms with Crippen LogP contribution < -0.4 is 0 Å². The second kappa shape index (κ2) is 11.9. The summed E-state index contributed by atoms with van der Waals surface area (Å²) in [4.78, 5) is 14.2. The molecule has 31 heavy (non-hydrogen) atoms. The van der Waals surface area contributed by atoms with Crippen molar-refractivity contribution in [1.82, 2.24) is 4.90 Å². The van der Waals surface area contributed by atoms with Crippen molar-refractivity contribution < 1.29 is 19.7 Å². The van der Waals surface area contributed by atoms with Gasteiger partial charge in [-0.15, -0.1) is 11.8 Å². The van der Waals surface area contributed by atoms with E-state index in [1.54, 1.807) is 0 Å². The fourth-order valence-electron chi connectivity index (χ4n) is 5.21. The highest BCUT2D eigenvalue weighted by atomic mass is 16.5. The molecule has 1 saturated heterocycles. The number of ether oxygens (including phenoxy) is 1. The van der Waals surface area contributed by atoms with Crippen molar-refractivity contribution in [2.24, 2.45) is 23.7 Å². The van der Waals surface area contributed by atoms with Gasteiger partial charge in [0.05, 0.1) is 25.4 Å². The smallest absolute Gasteiger partial charge is 0.222 e. The molecule has 2 aliphatic carbocycles. The zero-order chi connectivity index (χ0) is 22.2. The number of morpholine rings is 1. The van der Waals surface area contributed by atoms with Crippen molar-refractivity contribution in [1.29, 1.82) is 0 Å². The molecule has 0 aromatic carbocycles. The van der Waals surface area contributed by atoms with Gasteiger partial charge in [0.1, 0.15) is 0 Å². The number of carbonyl (C=O) groups excluding carboxylic acids is 1. The van der Waals surface area contributed by atoms with Gasteiger partial charge in [0.15, 0.2) is 0 Å². The van der Waals surface area contributed by atoms with Gasteiger partial charge < -0.3 is 19.8 Å². The Kier molecular flexibility index (Phi) is 9.19. The quantitative estimate of drug-likeness (QED) is 0.335. The molecule has 0 aromatic rings. The Hall–Kier alpha value is -1.61. The van der Waals surface area contributed by atoms with Crippen molar-refractivity contribution in [2.45, 2.75) is 71.0 Å². The predicted molar refractivity (Wildman–Crippen MR) is 122 cm³/mol. The standard InChI is InChI=1S/C26H39NO4/c1-3-4-7-19(2)24(28)11-10-22-23-17-20(16-21(23)18-25(22)29)8-5-6-9-26(30)27-12-14-31-15-13-27/h10-11,16,19,21-25,28-29H,5-9,12-15,17-18H2,1-2H3/b11-10+/t19-,21+,22-,23+,24-,25-/m1/s1. The van der Waals surface area contributed by atoms with Gasteiger partial charge in [-0.1, -0.05) is 30.7 Å². The lowest BCUT2D eigenvalue weighted by atomic mass is 9.88. The Labute approximate surface area is 187 Å². The molecule has 1 amide bonds. The van der Waals surface area contributed by atoms with Gasteiger partial charge in [-0.05, 0) is 56.8 Å². The van der Waals surface area contributed by atoms with E-state index in [1.165, 1.54) is 5.57 Å². The van der Waals surface area contributed by atoms with Crippen molar-refractivity contribution in [3.63, 3.8) is 0 Å². The molecule has 0 radical (unpaired) electrons. The second-order valence-electron chi connectivity index (χ2n) is 9.42. The minimum atomic E-state index is -0.523. The Morgan fingerprint density at radius 2 is 2.13 bits per heavy atom. The number of aliphatic hydroxyl groups is 2. The summed E-state index contributed by atoms with van der Waals surface area (Å²) in [5, 5.41) is 20.9. The van der Waals surface area contributed by atoms with E-state index >= 15 is 0 Å². The molecule has 0 unspecified atom stereocenters. The van der Waals surface area contributed by atoms with Crippen LogP contribution in [0.5, 0.6) is 0 Å².